The first-order valence-corrected chi connectivity index (χ1v) is 23.8. The fourth-order valence-corrected chi connectivity index (χ4v) is 8.16. The van der Waals surface area contributed by atoms with Crippen molar-refractivity contribution in [3.05, 3.63) is 108 Å². The summed E-state index contributed by atoms with van der Waals surface area (Å²) in [5.41, 5.74) is -1.45. The molecule has 384 valence electrons. The van der Waals surface area contributed by atoms with Gasteiger partial charge in [0.05, 0.1) is 11.4 Å². The van der Waals surface area contributed by atoms with Gasteiger partial charge >= 0.3 is 29.9 Å². The van der Waals surface area contributed by atoms with Crippen LogP contribution >= 0.6 is 0 Å². The number of benzene rings is 6. The number of hydrogen-bond acceptors (Lipinski definition) is 17. The Morgan fingerprint density at radius 2 is 0.838 bits per heavy atom. The number of phenolic OH excluding ortho intramolecular Hbond substituents is 2. The summed E-state index contributed by atoms with van der Waals surface area (Å²) < 4.78 is 70.2. The molecule has 0 saturated carbocycles. The van der Waals surface area contributed by atoms with Crippen molar-refractivity contribution in [2.45, 2.75) is 47.6 Å². The van der Waals surface area contributed by atoms with E-state index in [1.807, 2.05) is 0 Å². The number of aromatic hydroxyl groups is 2. The molecule has 0 spiro atoms. The summed E-state index contributed by atoms with van der Waals surface area (Å²) in [5, 5.41) is 83.2. The number of anilines is 2. The van der Waals surface area contributed by atoms with Gasteiger partial charge in [-0.15, -0.1) is 10.2 Å². The predicted octanol–water partition coefficient (Wildman–Crippen LogP) is 6.47. The molecular weight excluding hydrogens is 1020 g/mol. The number of rotatable bonds is 20. The van der Waals surface area contributed by atoms with Crippen molar-refractivity contribution in [3.8, 4) is 11.5 Å². The van der Waals surface area contributed by atoms with Crippen LogP contribution in [-0.2, 0) is 39.4 Å². The zero-order valence-electron chi connectivity index (χ0n) is 37.4. The number of carbonyl (C=O) groups excluding carboxylic acids is 3. The van der Waals surface area contributed by atoms with E-state index in [2.05, 4.69) is 41.7 Å². The molecule has 0 bridgehead atoms. The summed E-state index contributed by atoms with van der Waals surface area (Å²) in [4.78, 5) is 81.2. The Morgan fingerprint density at radius 3 is 1.15 bits per heavy atom. The van der Waals surface area contributed by atoms with E-state index in [1.54, 1.807) is 0 Å². The number of carbonyl (C=O) groups is 7. The number of phenols is 2. The van der Waals surface area contributed by atoms with Crippen LogP contribution in [0.4, 0.5) is 38.9 Å². The Labute approximate surface area is 415 Å². The van der Waals surface area contributed by atoms with Crippen LogP contribution in [-0.4, -0.2) is 110 Å². The molecule has 4 amide bonds. The lowest BCUT2D eigenvalue weighted by Gasteiger charge is -2.13. The number of aliphatic carboxylic acids is 4. The third-order valence-electron chi connectivity index (χ3n) is 10.5. The molecule has 2 unspecified atom stereocenters. The van der Waals surface area contributed by atoms with Gasteiger partial charge in [-0.05, 0) is 121 Å². The van der Waals surface area contributed by atoms with E-state index in [-0.39, 0.29) is 68.3 Å². The van der Waals surface area contributed by atoms with Gasteiger partial charge in [0.25, 0.3) is 32.1 Å². The molecular formula is C45H38N8O19S2. The summed E-state index contributed by atoms with van der Waals surface area (Å²) >= 11 is 0. The fraction of sp³-hybridized carbons (Fsp3) is 0.133. The Kier molecular flexibility index (Phi) is 16.3. The van der Waals surface area contributed by atoms with Gasteiger partial charge in [0, 0.05) is 46.1 Å². The van der Waals surface area contributed by atoms with Gasteiger partial charge in [-0.3, -0.25) is 28.3 Å². The van der Waals surface area contributed by atoms with Crippen LogP contribution in [0.3, 0.4) is 0 Å². The van der Waals surface area contributed by atoms with Crippen LogP contribution in [0.2, 0.25) is 0 Å². The fourth-order valence-electron chi connectivity index (χ4n) is 6.85. The van der Waals surface area contributed by atoms with E-state index in [4.69, 9.17) is 10.2 Å². The van der Waals surface area contributed by atoms with Gasteiger partial charge in [-0.2, -0.15) is 27.1 Å². The second-order valence-electron chi connectivity index (χ2n) is 15.6. The maximum atomic E-state index is 13.2. The smallest absolute Gasteiger partial charge is 0.326 e. The highest BCUT2D eigenvalue weighted by molar-refractivity contribution is 7.86. The topological polar surface area (TPSA) is 447 Å². The van der Waals surface area contributed by atoms with Crippen molar-refractivity contribution in [1.29, 1.82) is 0 Å². The Bertz CT molecular complexity index is 3340. The Hall–Kier alpha value is -9.45. The Morgan fingerprint density at radius 1 is 0.486 bits per heavy atom. The van der Waals surface area contributed by atoms with Gasteiger partial charge in [-0.1, -0.05) is 0 Å². The highest BCUT2D eigenvalue weighted by atomic mass is 32.2. The van der Waals surface area contributed by atoms with E-state index in [0.717, 1.165) is 12.1 Å². The monoisotopic (exact) mass is 1060 g/mol. The molecule has 0 aromatic heterocycles. The van der Waals surface area contributed by atoms with E-state index < -0.39 is 120 Å². The number of urea groups is 1. The summed E-state index contributed by atoms with van der Waals surface area (Å²) in [7, 11) is -10.2. The minimum absolute atomic E-state index is 0.00382. The van der Waals surface area contributed by atoms with Crippen molar-refractivity contribution < 1.29 is 90.1 Å². The molecule has 12 N–H and O–H groups in total. The van der Waals surface area contributed by atoms with Crippen molar-refractivity contribution in [2.24, 2.45) is 20.5 Å². The minimum Gasteiger partial charge on any atom is -0.505 e. The molecule has 0 heterocycles. The molecule has 6 rings (SSSR count). The third kappa shape index (κ3) is 13.5. The van der Waals surface area contributed by atoms with Crippen LogP contribution in [0, 0.1) is 0 Å². The van der Waals surface area contributed by atoms with E-state index >= 15 is 0 Å². The van der Waals surface area contributed by atoms with Crippen LogP contribution in [0.5, 0.6) is 11.5 Å². The van der Waals surface area contributed by atoms with Crippen LogP contribution < -0.4 is 21.3 Å². The van der Waals surface area contributed by atoms with Crippen molar-refractivity contribution >= 4 is 118 Å². The number of fused-ring (bicyclic) bond motifs is 2. The van der Waals surface area contributed by atoms with Gasteiger partial charge in [0.2, 0.25) is 0 Å². The van der Waals surface area contributed by atoms with E-state index in [1.165, 1.54) is 84.9 Å². The largest absolute Gasteiger partial charge is 0.505 e. The van der Waals surface area contributed by atoms with Gasteiger partial charge < -0.3 is 51.9 Å². The molecule has 0 radical (unpaired) electrons. The minimum atomic E-state index is -5.11. The van der Waals surface area contributed by atoms with Crippen LogP contribution in [0.15, 0.2) is 127 Å². The highest BCUT2D eigenvalue weighted by Crippen LogP contribution is 2.43. The van der Waals surface area contributed by atoms with Crippen molar-refractivity contribution in [1.82, 2.24) is 10.6 Å². The molecule has 74 heavy (non-hydrogen) atoms. The molecule has 29 heteroatoms. The lowest BCUT2D eigenvalue weighted by molar-refractivity contribution is -0.142. The third-order valence-corrected chi connectivity index (χ3v) is 12.2. The highest BCUT2D eigenvalue weighted by Gasteiger charge is 2.26. The standard InChI is InChI=1S/C45H38N8O19S2/c54-35(55)15-13-31(43(62)63)48-41(60)21-1-5-25(6-2-21)50-52-37-33(73(67,68)69)19-23-17-27(9-11-29(23)39(37)58)46-45(66)47-28-10-12-30-24(18-28)20-34(74(70,71)72)38(40(30)59)53-51-26-7-3-22(4-8-26)42(61)49-32(44(64)65)14-16-36(56)57/h1-12,17-20,31-32,58-59H,13-16H2,(H,48,60)(H,49,61)(H,54,55)(H,56,57)(H,62,63)(H,64,65)(H2,46,47,66)(H,67,68,69)(H,70,71,72). The van der Waals surface area contributed by atoms with E-state index in [9.17, 15) is 79.9 Å². The SMILES string of the molecule is O=C(O)CCC(NC(=O)c1ccc(N=Nc2c(S(=O)(=O)O)cc3cc(NC(=O)Nc4ccc5c(O)c(N=Nc6ccc(C(=O)NC(CCC(=O)O)C(=O)O)cc6)c(S(=O)(=O)O)cc5c4)ccc3c2O)cc1)C(=O)O. The number of carboxylic acid groups (broad SMARTS) is 4. The quantitative estimate of drug-likeness (QED) is 0.0288. The lowest BCUT2D eigenvalue weighted by Crippen LogP contribution is -2.41. The van der Waals surface area contributed by atoms with Crippen LogP contribution in [0.25, 0.3) is 21.5 Å². The first kappa shape index (κ1) is 53.9. The number of nitrogens with zero attached hydrogens (tertiary/aromatic N) is 4. The first-order chi connectivity index (χ1) is 34.8. The zero-order valence-corrected chi connectivity index (χ0v) is 39.0. The zero-order chi connectivity index (χ0) is 54.2. The number of azo groups is 2. The maximum absolute atomic E-state index is 13.2. The second-order valence-corrected chi connectivity index (χ2v) is 18.4. The van der Waals surface area contributed by atoms with Crippen LogP contribution in [0.1, 0.15) is 46.4 Å². The molecule has 0 aliphatic carbocycles. The predicted molar refractivity (Wildman–Crippen MR) is 256 cm³/mol. The molecule has 0 aliphatic rings. The summed E-state index contributed by atoms with van der Waals surface area (Å²) in [6.45, 7) is 0. The molecule has 6 aromatic carbocycles. The lowest BCUT2D eigenvalue weighted by atomic mass is 10.1. The number of nitrogens with one attached hydrogen (secondary N) is 4. The molecule has 0 fully saturated rings. The van der Waals surface area contributed by atoms with Gasteiger partial charge in [0.1, 0.15) is 33.2 Å². The summed E-state index contributed by atoms with van der Waals surface area (Å²) in [5.74, 6) is -8.66. The summed E-state index contributed by atoms with van der Waals surface area (Å²) in [6, 6.07) is 15.4. The molecule has 6 aromatic rings. The van der Waals surface area contributed by atoms with Gasteiger partial charge in [-0.25, -0.2) is 14.4 Å². The second kappa shape index (κ2) is 22.3. The molecule has 0 saturated heterocycles. The Balaban J connectivity index is 1.17. The summed E-state index contributed by atoms with van der Waals surface area (Å²) in [6.07, 6.45) is -1.80. The van der Waals surface area contributed by atoms with Crippen molar-refractivity contribution in [3.63, 3.8) is 0 Å². The normalized spacial score (nSPS) is 12.6. The van der Waals surface area contributed by atoms with E-state index in [0.29, 0.717) is 0 Å². The van der Waals surface area contributed by atoms with Gasteiger partial charge in [0.15, 0.2) is 11.5 Å². The average molecular weight is 1060 g/mol. The number of carboxylic acids is 4. The maximum Gasteiger partial charge on any atom is 0.326 e. The first-order valence-electron chi connectivity index (χ1n) is 21.0. The molecule has 2 atom stereocenters. The molecule has 0 aliphatic heterocycles. The molecule has 27 nitrogen and oxygen atoms in total. The average Bonchev–Trinajstić information content (AvgIpc) is 3.32. The number of hydrogen-bond donors (Lipinski definition) is 12. The van der Waals surface area contributed by atoms with Crippen molar-refractivity contribution in [2.75, 3.05) is 10.6 Å². The number of amides is 4.